The summed E-state index contributed by atoms with van der Waals surface area (Å²) in [6, 6.07) is 15.3. The van der Waals surface area contributed by atoms with Gasteiger partial charge in [-0.05, 0) is 53.3 Å². The van der Waals surface area contributed by atoms with Crippen molar-refractivity contribution in [1.82, 2.24) is 0 Å². The summed E-state index contributed by atoms with van der Waals surface area (Å²) in [6.07, 6.45) is 0. The van der Waals surface area contributed by atoms with Gasteiger partial charge in [0.2, 0.25) is 0 Å². The fourth-order valence-electron chi connectivity index (χ4n) is 5.02. The molecular weight excluding hydrogens is 518 g/mol. The molecule has 39 heavy (non-hydrogen) atoms. The molecule has 2 aliphatic heterocycles. The summed E-state index contributed by atoms with van der Waals surface area (Å²) in [5.41, 5.74) is 3.04. The molecule has 1 fully saturated rings. The Morgan fingerprint density at radius 1 is 1.00 bits per heavy atom. The average Bonchev–Trinajstić information content (AvgIpc) is 3.17. The van der Waals surface area contributed by atoms with Crippen molar-refractivity contribution in [2.45, 2.75) is 39.2 Å². The third kappa shape index (κ3) is 4.72. The molecule has 1 atom stereocenters. The predicted octanol–water partition coefficient (Wildman–Crippen LogP) is 6.35. The van der Waals surface area contributed by atoms with Gasteiger partial charge in [-0.15, -0.1) is 0 Å². The van der Waals surface area contributed by atoms with Crippen LogP contribution >= 0.6 is 11.6 Å². The van der Waals surface area contributed by atoms with Gasteiger partial charge >= 0.3 is 0 Å². The molecule has 5 rings (SSSR count). The van der Waals surface area contributed by atoms with Gasteiger partial charge in [-0.1, -0.05) is 56.6 Å². The number of carbonyl (C=O) groups excluding carboxylic acids is 2. The van der Waals surface area contributed by atoms with Crippen LogP contribution in [0, 0.1) is 6.92 Å². The van der Waals surface area contributed by atoms with Crippen LogP contribution < -0.4 is 19.1 Å². The zero-order valence-corrected chi connectivity index (χ0v) is 23.3. The van der Waals surface area contributed by atoms with Crippen LogP contribution in [0.25, 0.3) is 5.76 Å². The summed E-state index contributed by atoms with van der Waals surface area (Å²) >= 11 is 6.41. The number of amides is 1. The van der Waals surface area contributed by atoms with Crippen LogP contribution in [0.4, 0.5) is 5.69 Å². The molecule has 202 valence electrons. The monoisotopic (exact) mass is 547 g/mol. The highest BCUT2D eigenvalue weighted by Crippen LogP contribution is 2.46. The second-order valence-corrected chi connectivity index (χ2v) is 11.1. The molecule has 1 unspecified atom stereocenters. The Morgan fingerprint density at radius 2 is 1.67 bits per heavy atom. The fraction of sp³-hybridized carbons (Fsp3) is 0.290. The molecule has 0 saturated carbocycles. The number of aliphatic hydroxyl groups excluding tert-OH is 1. The normalized spacial score (nSPS) is 18.4. The number of hydrogen-bond donors (Lipinski definition) is 1. The van der Waals surface area contributed by atoms with Crippen LogP contribution in [-0.4, -0.2) is 37.1 Å². The van der Waals surface area contributed by atoms with Gasteiger partial charge in [0.05, 0.1) is 29.3 Å². The van der Waals surface area contributed by atoms with Crippen molar-refractivity contribution in [3.8, 4) is 17.2 Å². The Kier molecular flexibility index (Phi) is 6.81. The van der Waals surface area contributed by atoms with Crippen molar-refractivity contribution in [2.75, 3.05) is 25.2 Å². The summed E-state index contributed by atoms with van der Waals surface area (Å²) in [7, 11) is 1.43. The quantitative estimate of drug-likeness (QED) is 0.233. The first-order chi connectivity index (χ1) is 18.5. The lowest BCUT2D eigenvalue weighted by molar-refractivity contribution is -0.132. The van der Waals surface area contributed by atoms with Crippen molar-refractivity contribution in [2.24, 2.45) is 0 Å². The van der Waals surface area contributed by atoms with Crippen molar-refractivity contribution < 1.29 is 28.9 Å². The number of ether oxygens (including phenoxy) is 3. The molecule has 8 heteroatoms. The number of anilines is 1. The first-order valence-corrected chi connectivity index (χ1v) is 13.0. The first kappa shape index (κ1) is 26.6. The van der Waals surface area contributed by atoms with Crippen LogP contribution in [0.3, 0.4) is 0 Å². The number of methoxy groups -OCH3 is 1. The maximum absolute atomic E-state index is 13.6. The molecule has 0 bridgehead atoms. The minimum atomic E-state index is -0.912. The van der Waals surface area contributed by atoms with Crippen molar-refractivity contribution in [3.63, 3.8) is 0 Å². The highest BCUT2D eigenvalue weighted by atomic mass is 35.5. The second kappa shape index (κ2) is 9.97. The minimum absolute atomic E-state index is 0.0571. The van der Waals surface area contributed by atoms with Crippen LogP contribution in [0.15, 0.2) is 60.2 Å². The van der Waals surface area contributed by atoms with E-state index in [1.54, 1.807) is 30.3 Å². The average molecular weight is 548 g/mol. The SMILES string of the molecule is COc1c(Cl)cc(C)cc1/C(O)=C1\C(=O)C(=O)N(c2ccc3c(c2)OCCO3)C1c1ccc(C(C)(C)C)cc1. The number of Topliss-reactive ketones (excluding diaryl/α,β-unsaturated/α-hetero) is 1. The number of carbonyl (C=O) groups is 2. The third-order valence-corrected chi connectivity index (χ3v) is 7.27. The van der Waals surface area contributed by atoms with Crippen molar-refractivity contribution in [1.29, 1.82) is 0 Å². The smallest absolute Gasteiger partial charge is 0.300 e. The number of rotatable bonds is 4. The molecule has 1 amide bonds. The molecule has 3 aromatic carbocycles. The van der Waals surface area contributed by atoms with E-state index in [1.165, 1.54) is 12.0 Å². The lowest BCUT2D eigenvalue weighted by Gasteiger charge is -2.28. The van der Waals surface area contributed by atoms with E-state index < -0.39 is 17.7 Å². The van der Waals surface area contributed by atoms with E-state index in [1.807, 2.05) is 31.2 Å². The zero-order chi connectivity index (χ0) is 28.1. The topological polar surface area (TPSA) is 85.3 Å². The highest BCUT2D eigenvalue weighted by Gasteiger charge is 2.47. The van der Waals surface area contributed by atoms with Crippen LogP contribution in [-0.2, 0) is 15.0 Å². The van der Waals surface area contributed by atoms with E-state index in [-0.39, 0.29) is 33.1 Å². The largest absolute Gasteiger partial charge is 0.507 e. The van der Waals surface area contributed by atoms with Gasteiger partial charge in [0.25, 0.3) is 11.7 Å². The number of hydrogen-bond acceptors (Lipinski definition) is 6. The lowest BCUT2D eigenvalue weighted by atomic mass is 9.85. The summed E-state index contributed by atoms with van der Waals surface area (Å²) in [5, 5.41) is 11.9. The molecule has 1 N–H and O–H groups in total. The summed E-state index contributed by atoms with van der Waals surface area (Å²) < 4.78 is 16.9. The van der Waals surface area contributed by atoms with Gasteiger partial charge in [0.15, 0.2) is 11.5 Å². The Bertz CT molecular complexity index is 1500. The molecule has 0 aromatic heterocycles. The number of benzene rings is 3. The van der Waals surface area contributed by atoms with Crippen LogP contribution in [0.5, 0.6) is 17.2 Å². The lowest BCUT2D eigenvalue weighted by Crippen LogP contribution is -2.29. The summed E-state index contributed by atoms with van der Waals surface area (Å²) in [6.45, 7) is 8.95. The van der Waals surface area contributed by atoms with Crippen molar-refractivity contribution in [3.05, 3.63) is 87.4 Å². The Balaban J connectivity index is 1.74. The molecule has 0 radical (unpaired) electrons. The minimum Gasteiger partial charge on any atom is -0.507 e. The van der Waals surface area contributed by atoms with Gasteiger partial charge in [0.1, 0.15) is 24.7 Å². The number of aliphatic hydroxyl groups is 1. The van der Waals surface area contributed by atoms with Gasteiger partial charge in [-0.25, -0.2) is 0 Å². The van der Waals surface area contributed by atoms with E-state index in [0.29, 0.717) is 36.0 Å². The molecule has 2 aliphatic rings. The van der Waals surface area contributed by atoms with E-state index in [2.05, 4.69) is 20.8 Å². The maximum atomic E-state index is 13.6. The fourth-order valence-corrected chi connectivity index (χ4v) is 5.37. The first-order valence-electron chi connectivity index (χ1n) is 12.7. The number of nitrogens with zero attached hydrogens (tertiary/aromatic N) is 1. The molecule has 7 nitrogen and oxygen atoms in total. The summed E-state index contributed by atoms with van der Waals surface area (Å²) in [4.78, 5) is 28.6. The number of fused-ring (bicyclic) bond motifs is 1. The second-order valence-electron chi connectivity index (χ2n) is 10.7. The highest BCUT2D eigenvalue weighted by molar-refractivity contribution is 6.51. The molecule has 0 spiro atoms. The van der Waals surface area contributed by atoms with E-state index >= 15 is 0 Å². The number of ketones is 1. The molecule has 2 heterocycles. The molecule has 1 saturated heterocycles. The van der Waals surface area contributed by atoms with E-state index in [4.69, 9.17) is 25.8 Å². The van der Waals surface area contributed by atoms with E-state index in [9.17, 15) is 14.7 Å². The van der Waals surface area contributed by atoms with Crippen molar-refractivity contribution >= 4 is 34.7 Å². The Hall–Kier alpha value is -3.97. The predicted molar refractivity (Wildman–Crippen MR) is 150 cm³/mol. The zero-order valence-electron chi connectivity index (χ0n) is 22.5. The van der Waals surface area contributed by atoms with Crippen LogP contribution in [0.1, 0.15) is 49.1 Å². The Labute approximate surface area is 232 Å². The van der Waals surface area contributed by atoms with Gasteiger partial charge in [-0.3, -0.25) is 14.5 Å². The Morgan fingerprint density at radius 3 is 2.31 bits per heavy atom. The number of halogens is 1. The van der Waals surface area contributed by atoms with Gasteiger partial charge in [-0.2, -0.15) is 0 Å². The van der Waals surface area contributed by atoms with E-state index in [0.717, 1.165) is 11.1 Å². The molecule has 3 aromatic rings. The standard InChI is InChI=1S/C31H30ClNO6/c1-17-14-21(29(37-5)22(32)15-17)27(34)25-26(18-6-8-19(9-7-18)31(2,3)4)33(30(36)28(25)35)20-10-11-23-24(16-20)39-13-12-38-23/h6-11,14-16,26,34H,12-13H2,1-5H3/b27-25+. The summed E-state index contributed by atoms with van der Waals surface area (Å²) in [5.74, 6) is -0.683. The van der Waals surface area contributed by atoms with Gasteiger partial charge in [0, 0.05) is 11.8 Å². The third-order valence-electron chi connectivity index (χ3n) is 6.99. The van der Waals surface area contributed by atoms with Crippen LogP contribution in [0.2, 0.25) is 5.02 Å². The maximum Gasteiger partial charge on any atom is 0.300 e. The number of aryl methyl sites for hydroxylation is 1. The molecular formula is C31H30ClNO6. The van der Waals surface area contributed by atoms with Gasteiger partial charge < -0.3 is 19.3 Å². The molecule has 0 aliphatic carbocycles.